The van der Waals surface area contributed by atoms with E-state index in [1.165, 1.54) is 0 Å². The molecule has 1 N–H and O–H groups in total. The summed E-state index contributed by atoms with van der Waals surface area (Å²) in [6.07, 6.45) is -6.14. The monoisotopic (exact) mass is 196 g/mol. The molecule has 0 rings (SSSR count). The van der Waals surface area contributed by atoms with Gasteiger partial charge < -0.3 is 5.11 Å². The maximum absolute atomic E-state index is 11.7. The summed E-state index contributed by atoms with van der Waals surface area (Å²) in [5.41, 5.74) is 0. The van der Waals surface area contributed by atoms with Gasteiger partial charge in [0.15, 0.2) is 6.61 Å². The third-order valence-corrected chi connectivity index (χ3v) is 0.946. The number of rotatable bonds is 3. The fraction of sp³-hybridized carbons (Fsp3) is 0.750. The minimum absolute atomic E-state index is 1.45. The molecule has 0 atom stereocenters. The minimum atomic E-state index is -6.14. The van der Waals surface area contributed by atoms with Crippen LogP contribution >= 0.6 is 0 Å². The second kappa shape index (κ2) is 2.77. The van der Waals surface area contributed by atoms with Crippen LogP contribution in [0.3, 0.4) is 0 Å². The Morgan fingerprint density at radius 2 is 1.33 bits per heavy atom. The molecule has 0 aromatic carbocycles. The Morgan fingerprint density at radius 1 is 1.00 bits per heavy atom. The fourth-order valence-corrected chi connectivity index (χ4v) is 0.275. The Hall–Kier alpha value is -0.500. The molecule has 0 aromatic heterocycles. The van der Waals surface area contributed by atoms with Gasteiger partial charge >= 0.3 is 18.0 Å². The predicted molar refractivity (Wildman–Crippen MR) is 21.8 cm³/mol. The molecule has 0 aliphatic heterocycles. The van der Waals surface area contributed by atoms with Gasteiger partial charge in [0.25, 0.3) is 0 Å². The number of halogens is 6. The summed E-state index contributed by atoms with van der Waals surface area (Å²) < 4.78 is 69.3. The molecule has 0 aliphatic carbocycles. The van der Waals surface area contributed by atoms with Gasteiger partial charge in [-0.3, -0.25) is 0 Å². The van der Waals surface area contributed by atoms with Crippen molar-refractivity contribution >= 4 is 0 Å². The van der Waals surface area contributed by atoms with Crippen molar-refractivity contribution in [3.63, 3.8) is 0 Å². The molecule has 72 valence electrons. The van der Waals surface area contributed by atoms with Gasteiger partial charge in [0, 0.05) is 0 Å². The summed E-state index contributed by atoms with van der Waals surface area (Å²) in [5, 5.41) is 16.7. The van der Waals surface area contributed by atoms with Crippen LogP contribution in [0, 0.1) is 6.61 Å². The van der Waals surface area contributed by atoms with E-state index in [9.17, 15) is 31.4 Å². The van der Waals surface area contributed by atoms with Crippen LogP contribution in [0.4, 0.5) is 26.3 Å². The highest BCUT2D eigenvalue weighted by molar-refractivity contribution is 4.95. The average Bonchev–Trinajstić information content (AvgIpc) is 1.85. The summed E-state index contributed by atoms with van der Waals surface area (Å²) in [6.45, 7) is -1.45. The first-order valence-corrected chi connectivity index (χ1v) is 2.38. The van der Waals surface area contributed by atoms with Crippen LogP contribution in [0.1, 0.15) is 0 Å². The lowest BCUT2D eigenvalue weighted by Gasteiger charge is -2.26. The van der Waals surface area contributed by atoms with E-state index in [0.29, 0.717) is 0 Å². The topological polar surface area (TPSA) is 40.1 Å². The Bertz CT molecular complexity index is 161. The zero-order valence-corrected chi connectivity index (χ0v) is 5.20. The number of alkyl halides is 6. The van der Waals surface area contributed by atoms with E-state index < -0.39 is 24.6 Å². The van der Waals surface area contributed by atoms with Crippen molar-refractivity contribution < 1.29 is 36.6 Å². The first-order valence-electron chi connectivity index (χ1n) is 2.38. The van der Waals surface area contributed by atoms with Crippen LogP contribution in [0.5, 0.6) is 0 Å². The van der Waals surface area contributed by atoms with E-state index in [-0.39, 0.29) is 0 Å². The predicted octanol–water partition coefficient (Wildman–Crippen LogP) is 1.81. The molecule has 2 nitrogen and oxygen atoms in total. The lowest BCUT2D eigenvalue weighted by molar-refractivity contribution is -0.401. The molecule has 0 fully saturated rings. The maximum Gasteiger partial charge on any atom is 0.451 e. The third-order valence-electron chi connectivity index (χ3n) is 0.946. The van der Waals surface area contributed by atoms with Crippen LogP contribution in [0.25, 0.3) is 0 Å². The van der Waals surface area contributed by atoms with Gasteiger partial charge in [0.2, 0.25) is 0 Å². The summed E-state index contributed by atoms with van der Waals surface area (Å²) in [7, 11) is 0. The van der Waals surface area contributed by atoms with Crippen LogP contribution < -0.4 is 0 Å². The SMILES string of the molecule is [O]C(F)(F)C(F)(F)C(F)(F)[CH]O. The smallest absolute Gasteiger partial charge is 0.384 e. The van der Waals surface area contributed by atoms with E-state index in [2.05, 4.69) is 0 Å². The third kappa shape index (κ3) is 1.63. The minimum Gasteiger partial charge on any atom is -0.384 e. The maximum atomic E-state index is 11.7. The van der Waals surface area contributed by atoms with Gasteiger partial charge in [0.1, 0.15) is 0 Å². The Kier molecular flexibility index (Phi) is 2.65. The quantitative estimate of drug-likeness (QED) is 0.687. The van der Waals surface area contributed by atoms with Crippen molar-refractivity contribution in [2.24, 2.45) is 0 Å². The fourth-order valence-electron chi connectivity index (χ4n) is 0.275. The zero-order valence-electron chi connectivity index (χ0n) is 5.20. The van der Waals surface area contributed by atoms with E-state index >= 15 is 0 Å². The summed E-state index contributed by atoms with van der Waals surface area (Å²) in [4.78, 5) is 0. The number of hydrogen-bond donors (Lipinski definition) is 1. The van der Waals surface area contributed by atoms with Crippen molar-refractivity contribution in [3.05, 3.63) is 6.61 Å². The van der Waals surface area contributed by atoms with Crippen molar-refractivity contribution in [2.45, 2.75) is 18.0 Å². The molecule has 0 unspecified atom stereocenters. The molecule has 0 spiro atoms. The van der Waals surface area contributed by atoms with Gasteiger partial charge in [-0.2, -0.15) is 31.4 Å². The van der Waals surface area contributed by atoms with Crippen LogP contribution in [0.15, 0.2) is 0 Å². The lowest BCUT2D eigenvalue weighted by atomic mass is 10.1. The molecule has 12 heavy (non-hydrogen) atoms. The lowest BCUT2D eigenvalue weighted by Crippen LogP contribution is -2.53. The Morgan fingerprint density at radius 3 is 1.42 bits per heavy atom. The van der Waals surface area contributed by atoms with E-state index in [1.54, 1.807) is 0 Å². The Balaban J connectivity index is 4.85. The highest BCUT2D eigenvalue weighted by Crippen LogP contribution is 2.45. The standard InChI is InChI=1S/C4H2F6O2/c5-2(6,1-11)3(7,8)4(9,10)12/h1,11H. The summed E-state index contributed by atoms with van der Waals surface area (Å²) in [5.74, 6) is -11.7. The number of hydrogen-bond acceptors (Lipinski definition) is 1. The molecule has 0 bridgehead atoms. The van der Waals surface area contributed by atoms with Crippen LogP contribution in [-0.2, 0) is 5.11 Å². The molecule has 0 aliphatic rings. The number of aliphatic hydroxyl groups excluding tert-OH is 1. The molecular weight excluding hydrogens is 194 g/mol. The largest absolute Gasteiger partial charge is 0.451 e. The number of aliphatic hydroxyl groups is 1. The molecule has 2 radical (unpaired) electrons. The van der Waals surface area contributed by atoms with Gasteiger partial charge in [-0.15, -0.1) is 0 Å². The van der Waals surface area contributed by atoms with E-state index in [0.717, 1.165) is 0 Å². The summed E-state index contributed by atoms with van der Waals surface area (Å²) in [6, 6.07) is 0. The highest BCUT2D eigenvalue weighted by atomic mass is 19.3. The molecule has 0 heterocycles. The van der Waals surface area contributed by atoms with Gasteiger partial charge in [-0.1, -0.05) is 0 Å². The van der Waals surface area contributed by atoms with Gasteiger partial charge in [-0.05, 0) is 0 Å². The average molecular weight is 196 g/mol. The second-order valence-corrected chi connectivity index (χ2v) is 1.84. The molecule has 0 aromatic rings. The highest BCUT2D eigenvalue weighted by Gasteiger charge is 2.72. The molecule has 0 saturated heterocycles. The summed E-state index contributed by atoms with van der Waals surface area (Å²) >= 11 is 0. The van der Waals surface area contributed by atoms with Crippen molar-refractivity contribution in [1.29, 1.82) is 0 Å². The molecule has 0 amide bonds. The van der Waals surface area contributed by atoms with Gasteiger partial charge in [-0.25, -0.2) is 0 Å². The van der Waals surface area contributed by atoms with Crippen molar-refractivity contribution in [3.8, 4) is 0 Å². The van der Waals surface area contributed by atoms with E-state index in [1.807, 2.05) is 0 Å². The first kappa shape index (κ1) is 11.5. The Labute approximate surface area is 62.4 Å². The second-order valence-electron chi connectivity index (χ2n) is 1.84. The van der Waals surface area contributed by atoms with Gasteiger partial charge in [0.05, 0.1) is 0 Å². The normalized spacial score (nSPS) is 15.0. The zero-order chi connectivity index (χ0) is 10.2. The van der Waals surface area contributed by atoms with E-state index in [4.69, 9.17) is 5.11 Å². The molecule has 8 heteroatoms. The van der Waals surface area contributed by atoms with Crippen molar-refractivity contribution in [2.75, 3.05) is 0 Å². The molecular formula is C4H2F6O2. The van der Waals surface area contributed by atoms with Crippen LogP contribution in [0.2, 0.25) is 0 Å². The first-order chi connectivity index (χ1) is 5.06. The van der Waals surface area contributed by atoms with Crippen molar-refractivity contribution in [1.82, 2.24) is 0 Å². The molecule has 0 saturated carbocycles. The van der Waals surface area contributed by atoms with Crippen LogP contribution in [-0.4, -0.2) is 23.1 Å².